The van der Waals surface area contributed by atoms with Gasteiger partial charge in [0.15, 0.2) is 0 Å². The quantitative estimate of drug-likeness (QED) is 0.565. The van der Waals surface area contributed by atoms with Crippen LogP contribution in [0, 0.1) is 0 Å². The number of hydrogen-bond donors (Lipinski definition) is 0. The molecular weight excluding hydrogens is 264 g/mol. The van der Waals surface area contributed by atoms with Crippen LogP contribution in [0.15, 0.2) is 30.3 Å². The highest BCUT2D eigenvalue weighted by molar-refractivity contribution is 6.86. The lowest BCUT2D eigenvalue weighted by molar-refractivity contribution is -0.141. The Bertz CT molecular complexity index is 459. The number of carbonyl (C=O) groups is 1. The summed E-state index contributed by atoms with van der Waals surface area (Å²) < 4.78 is 5.24. The van der Waals surface area contributed by atoms with Gasteiger partial charge in [0.25, 0.3) is 0 Å². The molecule has 20 heavy (non-hydrogen) atoms. The molecule has 0 heterocycles. The molecule has 0 aliphatic heterocycles. The van der Waals surface area contributed by atoms with Crippen LogP contribution in [0.25, 0.3) is 0 Å². The maximum absolute atomic E-state index is 12.6. The highest BCUT2D eigenvalue weighted by Crippen LogP contribution is 2.73. The van der Waals surface area contributed by atoms with Crippen molar-refractivity contribution < 1.29 is 9.53 Å². The van der Waals surface area contributed by atoms with Crippen LogP contribution < -0.4 is 0 Å². The van der Waals surface area contributed by atoms with E-state index in [-0.39, 0.29) is 11.0 Å². The van der Waals surface area contributed by atoms with E-state index in [9.17, 15) is 4.79 Å². The first-order valence-corrected chi connectivity index (χ1v) is 10.4. The van der Waals surface area contributed by atoms with E-state index in [0.29, 0.717) is 5.92 Å². The number of esters is 1. The van der Waals surface area contributed by atoms with Gasteiger partial charge in [0.1, 0.15) is 0 Å². The van der Waals surface area contributed by atoms with Crippen LogP contribution in [0.4, 0.5) is 0 Å². The smallest absolute Gasteiger partial charge is 0.309 e. The third-order valence-corrected chi connectivity index (χ3v) is 12.4. The highest BCUT2D eigenvalue weighted by atomic mass is 28.3. The molecule has 0 unspecified atom stereocenters. The molecule has 0 amide bonds. The summed E-state index contributed by atoms with van der Waals surface area (Å²) in [6.07, 6.45) is 0.991. The number of hydrogen-bond acceptors (Lipinski definition) is 2. The fourth-order valence-electron chi connectivity index (χ4n) is 4.26. The van der Waals surface area contributed by atoms with Gasteiger partial charge in [-0.15, -0.1) is 0 Å². The Labute approximate surface area is 123 Å². The van der Waals surface area contributed by atoms with Crippen LogP contribution in [-0.4, -0.2) is 21.2 Å². The van der Waals surface area contributed by atoms with Crippen molar-refractivity contribution in [2.75, 3.05) is 7.11 Å². The Balaban J connectivity index is 2.43. The predicted octanol–water partition coefficient (Wildman–Crippen LogP) is 4.60. The first-order chi connectivity index (χ1) is 9.61. The Morgan fingerprint density at radius 1 is 1.20 bits per heavy atom. The van der Waals surface area contributed by atoms with Gasteiger partial charge in [0, 0.05) is 0 Å². The number of carbonyl (C=O) groups excluding carboxylic acids is 1. The molecule has 3 heteroatoms. The third kappa shape index (κ3) is 2.03. The predicted molar refractivity (Wildman–Crippen MR) is 85.7 cm³/mol. The molecule has 0 radical (unpaired) electrons. The number of rotatable bonds is 6. The number of methoxy groups -OCH3 is 1. The fraction of sp³-hybridized carbons (Fsp3) is 0.588. The van der Waals surface area contributed by atoms with Crippen molar-refractivity contribution in [1.29, 1.82) is 0 Å². The molecule has 1 aromatic carbocycles. The van der Waals surface area contributed by atoms with Crippen LogP contribution in [0.5, 0.6) is 0 Å². The van der Waals surface area contributed by atoms with Gasteiger partial charge in [0.05, 0.1) is 20.2 Å². The van der Waals surface area contributed by atoms with Crippen LogP contribution >= 0.6 is 0 Å². The maximum atomic E-state index is 12.6. The summed E-state index contributed by atoms with van der Waals surface area (Å²) in [5.41, 5.74) is 1.31. The molecule has 1 aliphatic carbocycles. The van der Waals surface area contributed by atoms with Gasteiger partial charge in [-0.05, 0) is 17.9 Å². The molecule has 0 aromatic heterocycles. The average Bonchev–Trinajstić information content (AvgIpc) is 3.27. The minimum Gasteiger partial charge on any atom is -0.469 e. The second-order valence-electron chi connectivity index (χ2n) is 5.97. The Morgan fingerprint density at radius 3 is 2.20 bits per heavy atom. The summed E-state index contributed by atoms with van der Waals surface area (Å²) >= 11 is 0. The van der Waals surface area contributed by atoms with E-state index < -0.39 is 8.07 Å². The van der Waals surface area contributed by atoms with Crippen LogP contribution in [0.3, 0.4) is 0 Å². The molecule has 0 N–H and O–H groups in total. The lowest BCUT2D eigenvalue weighted by Gasteiger charge is -2.36. The molecule has 1 aromatic rings. The van der Waals surface area contributed by atoms with Crippen molar-refractivity contribution in [3.63, 3.8) is 0 Å². The first-order valence-electron chi connectivity index (χ1n) is 7.75. The molecule has 0 bridgehead atoms. The molecule has 1 saturated carbocycles. The van der Waals surface area contributed by atoms with Crippen molar-refractivity contribution in [2.45, 2.75) is 56.3 Å². The summed E-state index contributed by atoms with van der Waals surface area (Å²) in [7, 11) is -0.0921. The van der Waals surface area contributed by atoms with Crippen molar-refractivity contribution >= 4 is 14.0 Å². The lowest BCUT2D eigenvalue weighted by Crippen LogP contribution is -2.44. The van der Waals surface area contributed by atoms with Crippen LogP contribution in [-0.2, 0) is 9.53 Å². The van der Waals surface area contributed by atoms with Crippen molar-refractivity contribution in [3.05, 3.63) is 35.9 Å². The van der Waals surface area contributed by atoms with Crippen molar-refractivity contribution in [3.8, 4) is 0 Å². The highest BCUT2D eigenvalue weighted by Gasteiger charge is 2.70. The van der Waals surface area contributed by atoms with Crippen molar-refractivity contribution in [1.82, 2.24) is 0 Å². The zero-order valence-corrected chi connectivity index (χ0v) is 14.1. The third-order valence-electron chi connectivity index (χ3n) is 5.69. The summed E-state index contributed by atoms with van der Waals surface area (Å²) in [5.74, 6) is 0.422. The Hall–Kier alpha value is -1.09. The van der Waals surface area contributed by atoms with E-state index in [1.165, 1.54) is 23.7 Å². The van der Waals surface area contributed by atoms with E-state index >= 15 is 0 Å². The number of benzene rings is 1. The van der Waals surface area contributed by atoms with Gasteiger partial charge in [-0.3, -0.25) is 4.79 Å². The Kier molecular flexibility index (Phi) is 4.38. The maximum Gasteiger partial charge on any atom is 0.309 e. The topological polar surface area (TPSA) is 26.3 Å². The van der Waals surface area contributed by atoms with E-state index in [2.05, 4.69) is 45.0 Å². The normalized spacial score (nSPS) is 25.3. The molecule has 0 saturated heterocycles. The molecule has 0 spiro atoms. The average molecular weight is 290 g/mol. The molecule has 1 aliphatic rings. The van der Waals surface area contributed by atoms with Crippen LogP contribution in [0.1, 0.15) is 38.7 Å². The summed E-state index contributed by atoms with van der Waals surface area (Å²) in [6, 6.07) is 14.0. The lowest BCUT2D eigenvalue weighted by atomic mass is 10.1. The minimum atomic E-state index is -1.64. The largest absolute Gasteiger partial charge is 0.469 e. The van der Waals surface area contributed by atoms with Gasteiger partial charge in [-0.2, -0.15) is 0 Å². The second-order valence-corrected chi connectivity index (χ2v) is 11.5. The Morgan fingerprint density at radius 2 is 1.75 bits per heavy atom. The van der Waals surface area contributed by atoms with Gasteiger partial charge in [-0.25, -0.2) is 0 Å². The van der Waals surface area contributed by atoms with Gasteiger partial charge in [-0.1, -0.05) is 69.2 Å². The van der Waals surface area contributed by atoms with Gasteiger partial charge < -0.3 is 4.74 Å². The van der Waals surface area contributed by atoms with E-state index in [0.717, 1.165) is 6.42 Å². The molecular formula is C17H26O2Si. The first kappa shape index (κ1) is 15.3. The van der Waals surface area contributed by atoms with Gasteiger partial charge >= 0.3 is 5.97 Å². The van der Waals surface area contributed by atoms with Crippen molar-refractivity contribution in [2.24, 2.45) is 0 Å². The zero-order chi connectivity index (χ0) is 14.8. The number of ether oxygens (including phenoxy) is 1. The molecule has 2 rings (SSSR count). The molecule has 2 atom stereocenters. The minimum absolute atomic E-state index is 0.0450. The SMILES string of the molecule is CC[Si](CC)(CC)[C@]1(C(=O)OC)C[C@@H]1c1ccccc1. The summed E-state index contributed by atoms with van der Waals surface area (Å²) in [4.78, 5) is 12.6. The van der Waals surface area contributed by atoms with E-state index in [1.54, 1.807) is 7.11 Å². The summed E-state index contributed by atoms with van der Waals surface area (Å²) in [6.45, 7) is 6.80. The molecule has 1 fully saturated rings. The fourth-order valence-corrected chi connectivity index (χ4v) is 9.73. The standard InChI is InChI=1S/C17H26O2Si/c1-5-20(6-2,7-3)17(16(18)19-4)13-15(17)14-11-9-8-10-12-14/h8-12,15H,5-7,13H2,1-4H3/t15-,17-/m1/s1. The van der Waals surface area contributed by atoms with E-state index in [4.69, 9.17) is 4.74 Å². The van der Waals surface area contributed by atoms with Crippen LogP contribution in [0.2, 0.25) is 23.2 Å². The van der Waals surface area contributed by atoms with E-state index in [1.807, 2.05) is 6.07 Å². The zero-order valence-electron chi connectivity index (χ0n) is 13.1. The molecule has 110 valence electrons. The molecule has 2 nitrogen and oxygen atoms in total. The second kappa shape index (κ2) is 5.72. The monoisotopic (exact) mass is 290 g/mol. The van der Waals surface area contributed by atoms with Gasteiger partial charge in [0.2, 0.25) is 0 Å². The summed E-state index contributed by atoms with van der Waals surface area (Å²) in [5, 5.41) is -0.179.